The highest BCUT2D eigenvalue weighted by atomic mass is 32.1. The van der Waals surface area contributed by atoms with Gasteiger partial charge in [0.15, 0.2) is 17.4 Å². The molecule has 1 heterocycles. The number of nitrogens with zero attached hydrogens (tertiary/aromatic N) is 1. The van der Waals surface area contributed by atoms with Crippen LogP contribution in [0.5, 0.6) is 0 Å². The summed E-state index contributed by atoms with van der Waals surface area (Å²) in [4.78, 5) is 39.9. The normalized spacial score (nSPS) is 14.1. The van der Waals surface area contributed by atoms with Crippen molar-refractivity contribution in [1.82, 2.24) is 15.6 Å². The number of hydrogen-bond acceptors (Lipinski definition) is 7. The van der Waals surface area contributed by atoms with E-state index in [0.29, 0.717) is 11.7 Å². The minimum Gasteiger partial charge on any atom is -0.451 e. The summed E-state index contributed by atoms with van der Waals surface area (Å²) in [5.41, 5.74) is 1.21. The van der Waals surface area contributed by atoms with E-state index in [9.17, 15) is 14.4 Å². The van der Waals surface area contributed by atoms with E-state index in [1.165, 1.54) is 17.8 Å². The monoisotopic (exact) mass is 416 g/mol. The number of imide groups is 1. The first-order chi connectivity index (χ1) is 14.1. The summed E-state index contributed by atoms with van der Waals surface area (Å²) >= 11 is 1.27. The topological polar surface area (TPSA) is 109 Å². The number of carbonyl (C=O) groups is 3. The van der Waals surface area contributed by atoms with Gasteiger partial charge < -0.3 is 15.4 Å². The van der Waals surface area contributed by atoms with Gasteiger partial charge in [0, 0.05) is 18.0 Å². The van der Waals surface area contributed by atoms with Gasteiger partial charge in [0.25, 0.3) is 5.91 Å². The van der Waals surface area contributed by atoms with Crippen molar-refractivity contribution in [2.24, 2.45) is 0 Å². The molecule has 0 radical (unpaired) electrons. The van der Waals surface area contributed by atoms with Gasteiger partial charge in [-0.15, -0.1) is 11.3 Å². The smallest absolute Gasteiger partial charge is 0.358 e. The average molecular weight is 417 g/mol. The maximum absolute atomic E-state index is 12.1. The van der Waals surface area contributed by atoms with Crippen molar-refractivity contribution in [3.8, 4) is 0 Å². The predicted octanol–water partition coefficient (Wildman–Crippen LogP) is 3.07. The molecular formula is C20H24N4O4S. The fraction of sp³-hybridized carbons (Fsp3) is 0.400. The van der Waals surface area contributed by atoms with Crippen LogP contribution in [0, 0.1) is 0 Å². The Labute approximate surface area is 173 Å². The number of aromatic nitrogens is 1. The van der Waals surface area contributed by atoms with Crippen LogP contribution in [0.25, 0.3) is 0 Å². The number of carbonyl (C=O) groups excluding carboxylic acids is 3. The van der Waals surface area contributed by atoms with Crippen LogP contribution in [0.2, 0.25) is 0 Å². The van der Waals surface area contributed by atoms with Crippen molar-refractivity contribution in [1.29, 1.82) is 0 Å². The molecule has 9 heteroatoms. The minimum atomic E-state index is -0.711. The molecule has 3 amide bonds. The molecule has 8 nitrogen and oxygen atoms in total. The van der Waals surface area contributed by atoms with E-state index in [1.54, 1.807) is 5.38 Å². The van der Waals surface area contributed by atoms with E-state index in [0.717, 1.165) is 31.2 Å². The number of anilines is 1. The molecule has 0 spiro atoms. The number of thiazole rings is 1. The van der Waals surface area contributed by atoms with Crippen LogP contribution in [0.1, 0.15) is 48.2 Å². The molecule has 29 heavy (non-hydrogen) atoms. The van der Waals surface area contributed by atoms with Crippen molar-refractivity contribution < 1.29 is 19.1 Å². The van der Waals surface area contributed by atoms with Crippen LogP contribution in [-0.4, -0.2) is 35.5 Å². The molecule has 1 aromatic carbocycles. The highest BCUT2D eigenvalue weighted by molar-refractivity contribution is 7.13. The minimum absolute atomic E-state index is 0.0934. The van der Waals surface area contributed by atoms with E-state index in [4.69, 9.17) is 4.74 Å². The second-order valence-electron chi connectivity index (χ2n) is 6.81. The Balaban J connectivity index is 1.38. The van der Waals surface area contributed by atoms with Gasteiger partial charge in [-0.1, -0.05) is 49.6 Å². The first kappa shape index (κ1) is 20.8. The summed E-state index contributed by atoms with van der Waals surface area (Å²) in [6, 6.07) is 9.34. The second-order valence-corrected chi connectivity index (χ2v) is 7.67. The van der Waals surface area contributed by atoms with Crippen LogP contribution in [0.3, 0.4) is 0 Å². The Hall–Kier alpha value is -2.94. The van der Waals surface area contributed by atoms with E-state index in [1.807, 2.05) is 30.3 Å². The molecule has 0 atom stereocenters. The van der Waals surface area contributed by atoms with Gasteiger partial charge in [0.1, 0.15) is 0 Å². The number of esters is 1. The van der Waals surface area contributed by atoms with E-state index in [2.05, 4.69) is 20.9 Å². The number of ether oxygens (including phenoxy) is 1. The number of urea groups is 1. The Kier molecular flexibility index (Phi) is 7.57. The molecule has 0 bridgehead atoms. The van der Waals surface area contributed by atoms with Gasteiger partial charge in [0.05, 0.1) is 0 Å². The van der Waals surface area contributed by atoms with Crippen molar-refractivity contribution >= 4 is 34.4 Å². The fourth-order valence-electron chi connectivity index (χ4n) is 3.06. The molecule has 3 rings (SSSR count). The third-order valence-corrected chi connectivity index (χ3v) is 5.33. The third-order valence-electron chi connectivity index (χ3n) is 4.53. The van der Waals surface area contributed by atoms with Crippen LogP contribution in [0.15, 0.2) is 35.7 Å². The van der Waals surface area contributed by atoms with Gasteiger partial charge in [-0.25, -0.2) is 14.6 Å². The summed E-state index contributed by atoms with van der Waals surface area (Å²) < 4.78 is 4.94. The predicted molar refractivity (Wildman–Crippen MR) is 110 cm³/mol. The third kappa shape index (κ3) is 6.86. The van der Waals surface area contributed by atoms with Gasteiger partial charge in [-0.05, 0) is 18.4 Å². The Bertz CT molecular complexity index is 834. The molecule has 1 fully saturated rings. The first-order valence-corrected chi connectivity index (χ1v) is 10.5. The summed E-state index contributed by atoms with van der Waals surface area (Å²) in [7, 11) is 0. The lowest BCUT2D eigenvalue weighted by Crippen LogP contribution is -2.46. The molecule has 154 valence electrons. The van der Waals surface area contributed by atoms with Crippen LogP contribution in [0.4, 0.5) is 9.93 Å². The zero-order valence-electron chi connectivity index (χ0n) is 16.0. The van der Waals surface area contributed by atoms with Crippen molar-refractivity contribution in [3.05, 3.63) is 47.0 Å². The summed E-state index contributed by atoms with van der Waals surface area (Å²) in [6.45, 7) is 0.0442. The molecule has 2 aromatic rings. The van der Waals surface area contributed by atoms with Gasteiger partial charge >= 0.3 is 12.0 Å². The molecule has 0 aliphatic heterocycles. The fourth-order valence-corrected chi connectivity index (χ4v) is 3.74. The molecule has 0 unspecified atom stereocenters. The first-order valence-electron chi connectivity index (χ1n) is 9.61. The number of amides is 3. The summed E-state index contributed by atoms with van der Waals surface area (Å²) in [5.74, 6) is -1.39. The standard InChI is InChI=1S/C20H24N4O4S/c25-17(24-19(27)22-15-9-5-2-6-10-15)12-28-18(26)16-13-29-20(23-16)21-11-14-7-3-1-4-8-14/h1,3-4,7-8,13,15H,2,5-6,9-12H2,(H,21,23)(H2,22,24,25,27). The Morgan fingerprint density at radius 2 is 1.86 bits per heavy atom. The second kappa shape index (κ2) is 10.6. The molecule has 1 aliphatic rings. The van der Waals surface area contributed by atoms with E-state index in [-0.39, 0.29) is 11.7 Å². The summed E-state index contributed by atoms with van der Waals surface area (Å²) in [5, 5.41) is 10.2. The maximum atomic E-state index is 12.1. The van der Waals surface area contributed by atoms with Crippen LogP contribution >= 0.6 is 11.3 Å². The van der Waals surface area contributed by atoms with Crippen molar-refractivity contribution in [2.75, 3.05) is 11.9 Å². The van der Waals surface area contributed by atoms with E-state index < -0.39 is 24.5 Å². The number of rotatable bonds is 7. The number of benzene rings is 1. The van der Waals surface area contributed by atoms with Gasteiger partial charge in [-0.3, -0.25) is 10.1 Å². The van der Waals surface area contributed by atoms with Crippen LogP contribution < -0.4 is 16.0 Å². The highest BCUT2D eigenvalue weighted by Gasteiger charge is 2.18. The van der Waals surface area contributed by atoms with E-state index >= 15 is 0 Å². The number of hydrogen-bond donors (Lipinski definition) is 3. The lowest BCUT2D eigenvalue weighted by Gasteiger charge is -2.22. The van der Waals surface area contributed by atoms with Gasteiger partial charge in [-0.2, -0.15) is 0 Å². The zero-order valence-corrected chi connectivity index (χ0v) is 16.8. The largest absolute Gasteiger partial charge is 0.451 e. The Morgan fingerprint density at radius 3 is 2.62 bits per heavy atom. The Morgan fingerprint density at radius 1 is 1.10 bits per heavy atom. The zero-order chi connectivity index (χ0) is 20.5. The maximum Gasteiger partial charge on any atom is 0.358 e. The molecule has 1 aromatic heterocycles. The van der Waals surface area contributed by atoms with Gasteiger partial charge in [0.2, 0.25) is 0 Å². The molecular weight excluding hydrogens is 392 g/mol. The van der Waals surface area contributed by atoms with Crippen molar-refractivity contribution in [3.63, 3.8) is 0 Å². The SMILES string of the molecule is O=C(COC(=O)c1csc(NCc2ccccc2)n1)NC(=O)NC1CCCCC1. The molecule has 1 aliphatic carbocycles. The molecule has 1 saturated carbocycles. The lowest BCUT2D eigenvalue weighted by atomic mass is 9.96. The quantitative estimate of drug-likeness (QED) is 0.599. The number of nitrogens with one attached hydrogen (secondary N) is 3. The average Bonchev–Trinajstić information content (AvgIpc) is 3.21. The van der Waals surface area contributed by atoms with Crippen molar-refractivity contribution in [2.45, 2.75) is 44.7 Å². The lowest BCUT2D eigenvalue weighted by molar-refractivity contribution is -0.123. The highest BCUT2D eigenvalue weighted by Crippen LogP contribution is 2.18. The summed E-state index contributed by atoms with van der Waals surface area (Å²) in [6.07, 6.45) is 5.16. The molecule has 3 N–H and O–H groups in total. The van der Waals surface area contributed by atoms with Crippen LogP contribution in [-0.2, 0) is 16.1 Å². The molecule has 0 saturated heterocycles.